The van der Waals surface area contributed by atoms with Crippen molar-refractivity contribution in [3.8, 4) is 66.8 Å². The van der Waals surface area contributed by atoms with Crippen molar-refractivity contribution in [2.45, 2.75) is 167 Å². The first-order valence-electron chi connectivity index (χ1n) is 34.7. The zero-order valence-corrected chi connectivity index (χ0v) is 65.7. The summed E-state index contributed by atoms with van der Waals surface area (Å²) in [6, 6.07) is 65.5. The minimum Gasteiger partial charge on any atom is -0.455 e. The smallest absolute Gasteiger partial charge is 0.150 e. The first-order valence-corrected chi connectivity index (χ1v) is 37.5. The maximum absolute atomic E-state index is 6.89. The third kappa shape index (κ3) is 12.9. The first-order chi connectivity index (χ1) is 46.5. The number of para-hydroxylation sites is 2. The third-order valence-corrected chi connectivity index (χ3v) is 23.0. The van der Waals surface area contributed by atoms with Crippen LogP contribution in [0.25, 0.3) is 111 Å². The van der Waals surface area contributed by atoms with Gasteiger partial charge in [-0.15, -0.1) is 0 Å². The molecule has 12 aromatic rings. The Balaban J connectivity index is 0.000000260. The molecule has 9 radical (unpaired) electrons. The minimum absolute atomic E-state index is 0. The molecule has 0 N–H and O–H groups in total. The second kappa shape index (κ2) is 30.5. The summed E-state index contributed by atoms with van der Waals surface area (Å²) in [5.41, 5.74) is 30.0. The Labute approximate surface area is 642 Å². The van der Waals surface area contributed by atoms with Crippen LogP contribution in [0.4, 0.5) is 0 Å². The van der Waals surface area contributed by atoms with Crippen LogP contribution >= 0.6 is 61.5 Å². The third-order valence-electron chi connectivity index (χ3n) is 21.9. The molecule has 2 nitrogen and oxygen atoms in total. The molecule has 16 rings (SSSR count). The Hall–Kier alpha value is -4.98. The van der Waals surface area contributed by atoms with E-state index in [4.69, 9.17) is 39.8 Å². The largest absolute Gasteiger partial charge is 0.455 e. The predicted octanol–water partition coefficient (Wildman–Crippen LogP) is 26.6. The van der Waals surface area contributed by atoms with Gasteiger partial charge in [0.25, 0.3) is 0 Å². The minimum atomic E-state index is -0.220. The van der Waals surface area contributed by atoms with Crippen molar-refractivity contribution in [3.63, 3.8) is 0 Å². The molecule has 0 atom stereocenters. The van der Waals surface area contributed by atoms with Crippen molar-refractivity contribution in [1.29, 1.82) is 0 Å². The molecule has 4 aliphatic carbocycles. The number of fused-ring (bicyclic) bond motifs is 20. The van der Waals surface area contributed by atoms with E-state index in [1.54, 1.807) is 11.1 Å². The fraction of sp³-hybridized carbons (Fsp3) is 0.302. The fourth-order valence-electron chi connectivity index (χ4n) is 17.1. The zero-order valence-electron chi connectivity index (χ0n) is 57.7. The summed E-state index contributed by atoms with van der Waals surface area (Å²) in [6.45, 7) is 18.7. The van der Waals surface area contributed by atoms with Crippen molar-refractivity contribution in [1.82, 2.24) is 0 Å². The summed E-state index contributed by atoms with van der Waals surface area (Å²) in [4.78, 5) is 0. The molecule has 487 valence electrons. The summed E-state index contributed by atoms with van der Waals surface area (Å²) in [5, 5.41) is 7.73. The van der Waals surface area contributed by atoms with Gasteiger partial charge in [-0.25, -0.2) is 0 Å². The van der Waals surface area contributed by atoms with Crippen molar-refractivity contribution >= 4 is 134 Å². The monoisotopic (exact) mass is 1570 g/mol. The van der Waals surface area contributed by atoms with Crippen LogP contribution in [0.15, 0.2) is 189 Å². The van der Waals surface area contributed by atoms with Crippen LogP contribution in [0.5, 0.6) is 0 Å². The van der Waals surface area contributed by atoms with Crippen molar-refractivity contribution < 1.29 is 45.9 Å². The fourth-order valence-corrected chi connectivity index (χ4v) is 18.0. The average molecular weight is 1570 g/mol. The number of rotatable bonds is 16. The molecule has 10 aromatic carbocycles. The number of hydrogen-bond donors (Lipinski definition) is 0. The number of halogens is 4. The van der Waals surface area contributed by atoms with Crippen LogP contribution in [0, 0.1) is 0 Å². The van der Waals surface area contributed by atoms with Gasteiger partial charge in [0.05, 0.1) is 4.47 Å². The number of furan rings is 2. The van der Waals surface area contributed by atoms with Gasteiger partial charge in [0, 0.05) is 119 Å². The molecule has 0 fully saturated rings. The van der Waals surface area contributed by atoms with Crippen LogP contribution in [0.1, 0.15) is 190 Å². The van der Waals surface area contributed by atoms with Crippen molar-refractivity contribution in [2.24, 2.45) is 0 Å². The van der Waals surface area contributed by atoms with Gasteiger partial charge in [0.15, 0.2) is 0 Å². The molecule has 0 saturated carbocycles. The summed E-state index contributed by atoms with van der Waals surface area (Å²) < 4.78 is 14.0. The van der Waals surface area contributed by atoms with E-state index in [0.29, 0.717) is 0 Å². The van der Waals surface area contributed by atoms with Gasteiger partial charge < -0.3 is 8.83 Å². The Morgan fingerprint density at radius 1 is 0.398 bits per heavy atom. The Kier molecular flexibility index (Phi) is 23.1. The summed E-state index contributed by atoms with van der Waals surface area (Å²) in [5.74, 6) is 0. The van der Waals surface area contributed by atoms with E-state index >= 15 is 0 Å². The maximum Gasteiger partial charge on any atom is 0.150 e. The number of unbranched alkanes of at least 4 members (excludes halogenated alkanes) is 10. The van der Waals surface area contributed by atoms with Gasteiger partial charge in [-0.3, -0.25) is 0 Å². The Morgan fingerprint density at radius 2 is 0.776 bits per heavy atom. The maximum atomic E-state index is 6.89. The zero-order chi connectivity index (χ0) is 67.4. The topological polar surface area (TPSA) is 26.3 Å². The summed E-state index contributed by atoms with van der Waals surface area (Å²) >= 11 is 18.6. The predicted molar refractivity (Wildman–Crippen MR) is 428 cm³/mol. The van der Waals surface area contributed by atoms with E-state index < -0.39 is 0 Å². The molecule has 0 amide bonds. The van der Waals surface area contributed by atoms with Crippen molar-refractivity contribution in [2.75, 3.05) is 0 Å². The molecule has 0 aliphatic heterocycles. The van der Waals surface area contributed by atoms with E-state index in [1.807, 2.05) is 46.6 Å². The van der Waals surface area contributed by atoms with Gasteiger partial charge >= 0.3 is 0 Å². The van der Waals surface area contributed by atoms with Gasteiger partial charge in [-0.05, 0) is 201 Å². The molecule has 2 heterocycles. The van der Waals surface area contributed by atoms with E-state index in [1.165, 1.54) is 200 Å². The van der Waals surface area contributed by atoms with Gasteiger partial charge in [-0.1, -0.05) is 265 Å². The average Bonchev–Trinajstić information content (AvgIpc) is 1.55. The SMILES string of the molecule is CC1(C)c2cc(Cl)ccc2-c2c1cc(Br)c1oc3ccccc3c21.CCCCCCCCC1(CCCCCCCC)c2ccccc2-c2ccc(-c3ccc4c(c3)C(C)(C)c3cc(-c5cc6c(c7c5oc5ccccc57)-c5ccc(Cl)cc5C6(C)C)ccc3-4)cc21.[B][B].[B][B]I.[V].[V]. The van der Waals surface area contributed by atoms with Gasteiger partial charge in [-0.2, -0.15) is 22.4 Å². The molecule has 0 bridgehead atoms. The second-order valence-corrected chi connectivity index (χ2v) is 31.0. The Bertz CT molecular complexity index is 4940. The van der Waals surface area contributed by atoms with Crippen LogP contribution in [0.3, 0.4) is 0 Å². The molecule has 4 aliphatic rings. The standard InChI is InChI=1S/C65H67ClO.C21H14BrClO.B2I.B2.2V/c1-7-9-11-13-15-21-35-65(36-22-16-14-12-10-8-2)53-25-19-17-23-46(53)49-32-28-43(38-57(49)65)42-27-31-47-48-33-29-44(39-55(48)63(3,4)54(47)37-42)52-41-58-60(50-34-30-45(66)40-56(50)64(58,5)6)61-51-24-18-20-26-59(51)67-62(52)61;1-21(2)14-9-11(23)7-8-12(14)18-15(21)10-16(22)20-19(18)13-5-3-4-6-17(13)24-20;1-2-3;1-2;;/h17-20,23-34,37-41H,7-16,21-22,35-36H2,1-6H3;3-10H,1-2H3;;;;. The van der Waals surface area contributed by atoms with E-state index in [-0.39, 0.29) is 58.8 Å². The van der Waals surface area contributed by atoms with Crippen LogP contribution in [-0.4, -0.2) is 28.2 Å². The quantitative estimate of drug-likeness (QED) is 0.0547. The number of hydrogen-bond acceptors (Lipinski definition) is 2. The summed E-state index contributed by atoms with van der Waals surface area (Å²) in [6.07, 6.45) is 18.4. The second-order valence-electron chi connectivity index (χ2n) is 28.6. The number of benzene rings is 10. The van der Waals surface area contributed by atoms with E-state index in [9.17, 15) is 0 Å². The van der Waals surface area contributed by atoms with Gasteiger partial charge in [0.2, 0.25) is 0 Å². The molecular weight excluding hydrogens is 1490 g/mol. The van der Waals surface area contributed by atoms with E-state index in [2.05, 4.69) is 238 Å². The van der Waals surface area contributed by atoms with Gasteiger partial charge in [0.1, 0.15) is 27.4 Å². The molecule has 0 spiro atoms. The summed E-state index contributed by atoms with van der Waals surface area (Å²) in [7, 11) is 12.7. The molecule has 98 heavy (non-hydrogen) atoms. The molecule has 2 aromatic heterocycles. The molecule has 12 heteroatoms. The van der Waals surface area contributed by atoms with Crippen LogP contribution in [-0.2, 0) is 58.8 Å². The molecule has 0 saturated heterocycles. The van der Waals surface area contributed by atoms with E-state index in [0.717, 1.165) is 53.2 Å². The van der Waals surface area contributed by atoms with Crippen molar-refractivity contribution in [3.05, 3.63) is 235 Å². The molecular formula is C86H81B4BrCl2IO2V2. The Morgan fingerprint density at radius 3 is 1.31 bits per heavy atom. The van der Waals surface area contributed by atoms with Crippen LogP contribution < -0.4 is 0 Å². The molecule has 0 unspecified atom stereocenters. The normalized spacial score (nSPS) is 14.4. The van der Waals surface area contributed by atoms with Crippen LogP contribution in [0.2, 0.25) is 10.0 Å². The first kappa shape index (κ1) is 74.2.